The van der Waals surface area contributed by atoms with Crippen LogP contribution in [-0.4, -0.2) is 44.2 Å². The van der Waals surface area contributed by atoms with Gasteiger partial charge in [0, 0.05) is 0 Å². The second kappa shape index (κ2) is 5.66. The molecule has 25 heavy (non-hydrogen) atoms. The number of fused-ring (bicyclic) bond motifs is 5. The number of hydrogen-bond donors (Lipinski definition) is 1. The molecule has 1 aromatic rings. The molecule has 5 heteroatoms. The van der Waals surface area contributed by atoms with Gasteiger partial charge in [-0.05, 0) is 0 Å². The Hall–Kier alpha value is -2.75. The summed E-state index contributed by atoms with van der Waals surface area (Å²) >= 11 is 3.12. The monoisotopic (exact) mass is 389 g/mol. The molecule has 0 saturated carbocycles. The third-order valence-electron chi connectivity index (χ3n) is 4.20. The van der Waals surface area contributed by atoms with Crippen LogP contribution in [0.2, 0.25) is 0 Å². The quantitative estimate of drug-likeness (QED) is 0.651. The van der Waals surface area contributed by atoms with E-state index < -0.39 is 0 Å². The van der Waals surface area contributed by atoms with E-state index in [9.17, 15) is 0 Å². The molecule has 0 fully saturated rings. The molecular weight excluding hydrogens is 375 g/mol. The van der Waals surface area contributed by atoms with Crippen LogP contribution in [0.15, 0.2) is 85.5 Å². The van der Waals surface area contributed by atoms with Crippen molar-refractivity contribution >= 4 is 45.3 Å². The van der Waals surface area contributed by atoms with Crippen molar-refractivity contribution < 1.29 is 0 Å². The number of allylic oxidation sites excluding steroid dienone is 6. The van der Waals surface area contributed by atoms with Gasteiger partial charge in [-0.2, -0.15) is 0 Å². The summed E-state index contributed by atoms with van der Waals surface area (Å²) in [5.74, 6) is 0. The molecule has 1 radical (unpaired) electrons. The van der Waals surface area contributed by atoms with Gasteiger partial charge in [-0.1, -0.05) is 0 Å². The molecule has 119 valence electrons. The van der Waals surface area contributed by atoms with Gasteiger partial charge in [-0.15, -0.1) is 0 Å². The van der Waals surface area contributed by atoms with Crippen LogP contribution in [0.1, 0.15) is 0 Å². The molecule has 0 amide bonds. The molecule has 0 aromatic carbocycles. The fourth-order valence-corrected chi connectivity index (χ4v) is 3.55. The van der Waals surface area contributed by atoms with Crippen molar-refractivity contribution in [3.8, 4) is 0 Å². The Kier molecular flexibility index (Phi) is 3.30. The molecule has 1 unspecified atom stereocenters. The van der Waals surface area contributed by atoms with Crippen molar-refractivity contribution in [1.29, 1.82) is 0 Å². The second-order valence-electron chi connectivity index (χ2n) is 6.10. The molecule has 4 nitrogen and oxygen atoms in total. The molecular formula is C20H13N4Se. The Balaban J connectivity index is 1.70. The van der Waals surface area contributed by atoms with E-state index >= 15 is 0 Å². The van der Waals surface area contributed by atoms with Gasteiger partial charge >= 0.3 is 153 Å². The summed E-state index contributed by atoms with van der Waals surface area (Å²) in [4.78, 5) is 17.4. The molecule has 4 aliphatic rings. The summed E-state index contributed by atoms with van der Waals surface area (Å²) in [7, 11) is 0. The molecule has 0 spiro atoms. The van der Waals surface area contributed by atoms with Gasteiger partial charge in [0.2, 0.25) is 0 Å². The third-order valence-corrected chi connectivity index (χ3v) is 4.95. The number of rotatable bonds is 0. The fourth-order valence-electron chi connectivity index (χ4n) is 3.04. The van der Waals surface area contributed by atoms with E-state index in [2.05, 4.69) is 61.3 Å². The molecule has 0 aliphatic carbocycles. The minimum absolute atomic E-state index is 0.00782. The Bertz CT molecular complexity index is 1150. The van der Waals surface area contributed by atoms with Crippen LogP contribution in [0.5, 0.6) is 0 Å². The van der Waals surface area contributed by atoms with E-state index in [1.807, 2.05) is 36.5 Å². The first-order valence-corrected chi connectivity index (χ1v) is 8.89. The average molecular weight is 388 g/mol. The summed E-state index contributed by atoms with van der Waals surface area (Å²) in [6, 6.07) is 4.09. The maximum atomic E-state index is 4.77. The van der Waals surface area contributed by atoms with Crippen LogP contribution in [0.25, 0.3) is 12.2 Å². The first kappa shape index (κ1) is 14.6. The van der Waals surface area contributed by atoms with E-state index in [1.54, 1.807) is 0 Å². The number of hydrogen-bond acceptors (Lipinski definition) is 3. The molecule has 1 N–H and O–H groups in total. The van der Waals surface area contributed by atoms with Crippen molar-refractivity contribution in [2.24, 2.45) is 15.0 Å². The van der Waals surface area contributed by atoms with Crippen molar-refractivity contribution in [2.45, 2.75) is 6.04 Å². The Morgan fingerprint density at radius 3 is 2.28 bits per heavy atom. The number of nitrogens with zero attached hydrogens (tertiary/aromatic N) is 3. The van der Waals surface area contributed by atoms with Crippen LogP contribution in [0.3, 0.4) is 0 Å². The Morgan fingerprint density at radius 1 is 0.760 bits per heavy atom. The number of H-pyrrole nitrogens is 1. The van der Waals surface area contributed by atoms with Gasteiger partial charge < -0.3 is 0 Å². The SMILES string of the molecule is [Se]C1=CC2=NC1C=C1C=CC(=N1)C=C1C=CC(=N1)C=c1ccc([nH]1)=C2. The van der Waals surface area contributed by atoms with Crippen molar-refractivity contribution in [3.05, 3.63) is 81.2 Å². The van der Waals surface area contributed by atoms with E-state index in [0.29, 0.717) is 0 Å². The van der Waals surface area contributed by atoms with E-state index in [1.165, 1.54) is 0 Å². The first-order valence-electron chi connectivity index (χ1n) is 8.03. The second-order valence-corrected chi connectivity index (χ2v) is 7.09. The number of nitrogens with one attached hydrogen (secondary N) is 1. The fraction of sp³-hybridized carbons (Fsp3) is 0.0500. The molecule has 8 bridgehead atoms. The number of aliphatic imine (C=N–C) groups is 3. The topological polar surface area (TPSA) is 52.9 Å². The summed E-state index contributed by atoms with van der Waals surface area (Å²) in [6.07, 6.45) is 18.3. The van der Waals surface area contributed by atoms with E-state index in [-0.39, 0.29) is 6.04 Å². The van der Waals surface area contributed by atoms with Crippen LogP contribution < -0.4 is 10.7 Å². The van der Waals surface area contributed by atoms with Gasteiger partial charge in [-0.3, -0.25) is 0 Å². The zero-order valence-corrected chi connectivity index (χ0v) is 14.9. The zero-order chi connectivity index (χ0) is 16.8. The first-order chi connectivity index (χ1) is 12.2. The van der Waals surface area contributed by atoms with Crippen LogP contribution in [0.4, 0.5) is 0 Å². The predicted octanol–water partition coefficient (Wildman–Crippen LogP) is 1.25. The van der Waals surface area contributed by atoms with Crippen LogP contribution in [-0.2, 0) is 0 Å². The normalized spacial score (nSPS) is 23.1. The predicted molar refractivity (Wildman–Crippen MR) is 103 cm³/mol. The van der Waals surface area contributed by atoms with Gasteiger partial charge in [0.15, 0.2) is 0 Å². The summed E-state index contributed by atoms with van der Waals surface area (Å²) in [5, 5.41) is 2.04. The van der Waals surface area contributed by atoms with Gasteiger partial charge in [-0.25, -0.2) is 0 Å². The third kappa shape index (κ3) is 2.88. The number of aromatic nitrogens is 1. The zero-order valence-electron chi connectivity index (χ0n) is 13.2. The molecule has 1 atom stereocenters. The van der Waals surface area contributed by atoms with Crippen LogP contribution >= 0.6 is 0 Å². The van der Waals surface area contributed by atoms with Gasteiger partial charge in [0.05, 0.1) is 0 Å². The number of aromatic amines is 1. The summed E-state index contributed by atoms with van der Waals surface area (Å²) in [5.41, 5.74) is 4.61. The van der Waals surface area contributed by atoms with E-state index in [4.69, 9.17) is 4.99 Å². The molecule has 1 aromatic heterocycles. The summed E-state index contributed by atoms with van der Waals surface area (Å²) in [6.45, 7) is 0. The average Bonchev–Trinajstić information content (AvgIpc) is 3.33. The van der Waals surface area contributed by atoms with Gasteiger partial charge in [0.25, 0.3) is 0 Å². The molecule has 5 rings (SSSR count). The maximum absolute atomic E-state index is 4.77. The Morgan fingerprint density at radius 2 is 1.44 bits per heavy atom. The van der Waals surface area contributed by atoms with Crippen LogP contribution in [0, 0.1) is 0 Å². The molecule has 0 saturated heterocycles. The summed E-state index contributed by atoms with van der Waals surface area (Å²) < 4.78 is 1.10. The molecule has 5 heterocycles. The standard InChI is InChI=1S/C20H13N4Se/c25-20-11-18-9-16-4-3-14(22-16)7-12-1-2-13(21-12)8-15-5-6-17(23-15)10-19(20)24-18/h1-11,19,22H. The van der Waals surface area contributed by atoms with Crippen molar-refractivity contribution in [1.82, 2.24) is 4.98 Å². The van der Waals surface area contributed by atoms with Crippen molar-refractivity contribution in [2.75, 3.05) is 0 Å². The minimum atomic E-state index is -0.00782. The molecule has 4 aliphatic heterocycles. The Labute approximate surface area is 152 Å². The van der Waals surface area contributed by atoms with Crippen molar-refractivity contribution in [3.63, 3.8) is 0 Å². The van der Waals surface area contributed by atoms with Gasteiger partial charge in [0.1, 0.15) is 0 Å². The van der Waals surface area contributed by atoms with E-state index in [0.717, 1.165) is 43.7 Å².